The first-order valence-electron chi connectivity index (χ1n) is 11.1. The summed E-state index contributed by atoms with van der Waals surface area (Å²) < 4.78 is 10.8. The van der Waals surface area contributed by atoms with E-state index in [2.05, 4.69) is 119 Å². The van der Waals surface area contributed by atoms with Gasteiger partial charge < -0.3 is 9.47 Å². The highest BCUT2D eigenvalue weighted by atomic mass is 79.9. The van der Waals surface area contributed by atoms with Crippen molar-refractivity contribution in [3.8, 4) is 33.8 Å². The van der Waals surface area contributed by atoms with Crippen LogP contribution < -0.4 is 9.47 Å². The van der Waals surface area contributed by atoms with Gasteiger partial charge in [-0.05, 0) is 60.4 Å². The van der Waals surface area contributed by atoms with Gasteiger partial charge in [0.15, 0.2) is 0 Å². The van der Waals surface area contributed by atoms with E-state index in [1.165, 1.54) is 33.4 Å². The van der Waals surface area contributed by atoms with Crippen molar-refractivity contribution in [2.75, 3.05) is 14.2 Å². The van der Waals surface area contributed by atoms with E-state index >= 15 is 0 Å². The topological polar surface area (TPSA) is 18.5 Å². The van der Waals surface area contributed by atoms with Crippen molar-refractivity contribution in [1.29, 1.82) is 0 Å². The Hall–Kier alpha value is -2.56. The van der Waals surface area contributed by atoms with Gasteiger partial charge in [0, 0.05) is 21.8 Å². The molecule has 0 N–H and O–H groups in total. The van der Waals surface area contributed by atoms with E-state index in [0.717, 1.165) is 33.3 Å². The van der Waals surface area contributed by atoms with Gasteiger partial charge in [-0.1, -0.05) is 104 Å². The molecular formula is C30H30Br2O2. The molecule has 0 aliphatic rings. The zero-order valence-corrected chi connectivity index (χ0v) is 23.2. The summed E-state index contributed by atoms with van der Waals surface area (Å²) >= 11 is 6.97. The molecule has 0 saturated carbocycles. The molecule has 0 saturated heterocycles. The zero-order chi connectivity index (χ0) is 24.5. The van der Waals surface area contributed by atoms with Crippen molar-refractivity contribution in [3.05, 3.63) is 107 Å². The van der Waals surface area contributed by atoms with Crippen LogP contribution in [0.25, 0.3) is 22.3 Å². The van der Waals surface area contributed by atoms with Crippen LogP contribution in [0, 0.1) is 13.8 Å². The van der Waals surface area contributed by atoms with E-state index in [-0.39, 0.29) is 0 Å². The number of alkyl halides is 2. The highest BCUT2D eigenvalue weighted by Gasteiger charge is 2.07. The van der Waals surface area contributed by atoms with Gasteiger partial charge in [0.05, 0.1) is 14.2 Å². The molecule has 0 bridgehead atoms. The lowest BCUT2D eigenvalue weighted by Crippen LogP contribution is -1.89. The molecule has 4 aromatic carbocycles. The molecule has 4 rings (SSSR count). The van der Waals surface area contributed by atoms with Crippen molar-refractivity contribution in [2.24, 2.45) is 0 Å². The van der Waals surface area contributed by atoms with E-state index in [1.54, 1.807) is 14.2 Å². The smallest absolute Gasteiger partial charge is 0.126 e. The molecule has 0 fully saturated rings. The van der Waals surface area contributed by atoms with Crippen LogP contribution in [0.3, 0.4) is 0 Å². The van der Waals surface area contributed by atoms with Crippen molar-refractivity contribution in [1.82, 2.24) is 0 Å². The van der Waals surface area contributed by atoms with Crippen LogP contribution in [0.2, 0.25) is 0 Å². The minimum Gasteiger partial charge on any atom is -0.496 e. The van der Waals surface area contributed by atoms with Crippen molar-refractivity contribution < 1.29 is 9.47 Å². The predicted octanol–water partition coefficient (Wildman–Crippen LogP) is 9.13. The highest BCUT2D eigenvalue weighted by Crippen LogP contribution is 2.32. The average Bonchev–Trinajstić information content (AvgIpc) is 2.89. The van der Waals surface area contributed by atoms with Gasteiger partial charge in [0.2, 0.25) is 0 Å². The van der Waals surface area contributed by atoms with Gasteiger partial charge in [-0.2, -0.15) is 0 Å². The lowest BCUT2D eigenvalue weighted by Gasteiger charge is -2.10. The number of methoxy groups -OCH3 is 2. The molecule has 0 aliphatic heterocycles. The second kappa shape index (κ2) is 12.8. The molecule has 0 atom stereocenters. The third-order valence-corrected chi connectivity index (χ3v) is 6.79. The summed E-state index contributed by atoms with van der Waals surface area (Å²) in [7, 11) is 3.42. The maximum Gasteiger partial charge on any atom is 0.126 e. The van der Waals surface area contributed by atoms with E-state index < -0.39 is 0 Å². The number of aryl methyl sites for hydroxylation is 2. The number of ether oxygens (including phenoxy) is 2. The van der Waals surface area contributed by atoms with Crippen LogP contribution in [-0.2, 0) is 10.7 Å². The third kappa shape index (κ3) is 6.74. The summed E-state index contributed by atoms with van der Waals surface area (Å²) in [6.07, 6.45) is 0. The largest absolute Gasteiger partial charge is 0.496 e. The van der Waals surface area contributed by atoms with E-state index in [9.17, 15) is 0 Å². The second-order valence-electron chi connectivity index (χ2n) is 8.08. The van der Waals surface area contributed by atoms with Gasteiger partial charge in [-0.15, -0.1) is 0 Å². The van der Waals surface area contributed by atoms with Gasteiger partial charge in [-0.25, -0.2) is 0 Å². The molecule has 4 heteroatoms. The maximum atomic E-state index is 5.42. The molecular weight excluding hydrogens is 552 g/mol. The lowest BCUT2D eigenvalue weighted by molar-refractivity contribution is 0.416. The van der Waals surface area contributed by atoms with Crippen molar-refractivity contribution in [3.63, 3.8) is 0 Å². The van der Waals surface area contributed by atoms with E-state index in [0.29, 0.717) is 0 Å². The standard InChI is InChI=1S/2C15H15BrO/c2*1-11-6-7-15(17-2)14(8-11)13-5-3-4-12(9-13)10-16/h2*3-9H,10H2,1-2H3. The molecule has 0 aliphatic carbocycles. The maximum absolute atomic E-state index is 5.42. The fraction of sp³-hybridized carbons (Fsp3) is 0.200. The second-order valence-corrected chi connectivity index (χ2v) is 9.20. The first kappa shape index (κ1) is 26.1. The molecule has 0 aromatic heterocycles. The lowest BCUT2D eigenvalue weighted by atomic mass is 10.0. The van der Waals surface area contributed by atoms with Crippen molar-refractivity contribution >= 4 is 31.9 Å². The van der Waals surface area contributed by atoms with Gasteiger partial charge >= 0.3 is 0 Å². The van der Waals surface area contributed by atoms with Crippen LogP contribution in [0.15, 0.2) is 84.9 Å². The molecule has 0 radical (unpaired) electrons. The fourth-order valence-electron chi connectivity index (χ4n) is 3.74. The predicted molar refractivity (Wildman–Crippen MR) is 152 cm³/mol. The van der Waals surface area contributed by atoms with Crippen LogP contribution in [0.5, 0.6) is 11.5 Å². The molecule has 4 aromatic rings. The molecule has 0 unspecified atom stereocenters. The Morgan fingerprint density at radius 3 is 1.32 bits per heavy atom. The first-order chi connectivity index (χ1) is 16.5. The quantitative estimate of drug-likeness (QED) is 0.211. The number of rotatable bonds is 6. The summed E-state index contributed by atoms with van der Waals surface area (Å²) in [4.78, 5) is 0. The van der Waals surface area contributed by atoms with E-state index in [1.807, 2.05) is 12.1 Å². The summed E-state index contributed by atoms with van der Waals surface area (Å²) in [5, 5.41) is 1.74. The third-order valence-electron chi connectivity index (χ3n) is 5.49. The number of hydrogen-bond acceptors (Lipinski definition) is 2. The van der Waals surface area contributed by atoms with Gasteiger partial charge in [0.1, 0.15) is 11.5 Å². The van der Waals surface area contributed by atoms with Crippen LogP contribution >= 0.6 is 31.9 Å². The summed E-state index contributed by atoms with van der Waals surface area (Å²) in [6, 6.07) is 29.5. The van der Waals surface area contributed by atoms with Crippen molar-refractivity contribution in [2.45, 2.75) is 24.5 Å². The Morgan fingerprint density at radius 2 is 0.971 bits per heavy atom. The van der Waals surface area contributed by atoms with E-state index in [4.69, 9.17) is 9.47 Å². The Labute approximate surface area is 220 Å². The molecule has 0 spiro atoms. The molecule has 34 heavy (non-hydrogen) atoms. The highest BCUT2D eigenvalue weighted by molar-refractivity contribution is 9.08. The van der Waals surface area contributed by atoms with Gasteiger partial charge in [0.25, 0.3) is 0 Å². The normalized spacial score (nSPS) is 10.3. The van der Waals surface area contributed by atoms with Gasteiger partial charge in [-0.3, -0.25) is 0 Å². The minimum absolute atomic E-state index is 0.870. The average molecular weight is 582 g/mol. The Kier molecular flexibility index (Phi) is 9.79. The van der Waals surface area contributed by atoms with Crippen LogP contribution in [0.4, 0.5) is 0 Å². The first-order valence-corrected chi connectivity index (χ1v) is 13.3. The molecule has 0 heterocycles. The van der Waals surface area contributed by atoms with Crippen LogP contribution in [0.1, 0.15) is 22.3 Å². The summed E-state index contributed by atoms with van der Waals surface area (Å²) in [6.45, 7) is 4.19. The summed E-state index contributed by atoms with van der Waals surface area (Å²) in [5.41, 5.74) is 9.71. The monoisotopic (exact) mass is 580 g/mol. The fourth-order valence-corrected chi connectivity index (χ4v) is 4.44. The molecule has 2 nitrogen and oxygen atoms in total. The number of hydrogen-bond donors (Lipinski definition) is 0. The Balaban J connectivity index is 0.000000191. The Morgan fingerprint density at radius 1 is 0.559 bits per heavy atom. The summed E-state index contributed by atoms with van der Waals surface area (Å²) in [5.74, 6) is 1.84. The number of halogens is 2. The van der Waals surface area contributed by atoms with Crippen LogP contribution in [-0.4, -0.2) is 14.2 Å². The molecule has 176 valence electrons. The minimum atomic E-state index is 0.870. The SMILES string of the molecule is COc1ccc(C)cc1-c1cccc(CBr)c1.COc1ccc(C)cc1-c1cccc(CBr)c1. The number of benzene rings is 4. The molecule has 0 amide bonds. The zero-order valence-electron chi connectivity index (χ0n) is 20.1. The Bertz CT molecular complexity index is 1140.